The number of carbonyl (C=O) groups excluding carboxylic acids is 1. The fraction of sp³-hybridized carbons (Fsp3) is 0.0667. The number of hydrogen-bond acceptors (Lipinski definition) is 4. The molecule has 0 spiro atoms. The summed E-state index contributed by atoms with van der Waals surface area (Å²) in [7, 11) is 0. The van der Waals surface area contributed by atoms with Gasteiger partial charge in [0.05, 0.1) is 16.7 Å². The molecule has 0 aliphatic carbocycles. The molecule has 3 aromatic rings. The third kappa shape index (κ3) is 2.27. The zero-order chi connectivity index (χ0) is 13.2. The first-order valence-corrected chi connectivity index (χ1v) is 6.66. The van der Waals surface area contributed by atoms with Crippen LogP contribution in [-0.2, 0) is 0 Å². The molecular weight excluding hydrogens is 258 g/mol. The Morgan fingerprint density at radius 3 is 2.84 bits per heavy atom. The van der Waals surface area contributed by atoms with Crippen molar-refractivity contribution < 1.29 is 9.21 Å². The molecule has 3 nitrogen and oxygen atoms in total. The molecule has 0 fully saturated rings. The van der Waals surface area contributed by atoms with Gasteiger partial charge in [-0.1, -0.05) is 30.0 Å². The number of aldehydes is 1. The number of aromatic nitrogens is 1. The summed E-state index contributed by atoms with van der Waals surface area (Å²) in [6, 6.07) is 11.5. The molecule has 0 aliphatic rings. The van der Waals surface area contributed by atoms with Crippen LogP contribution < -0.4 is 0 Å². The molecule has 0 aliphatic heterocycles. The Morgan fingerprint density at radius 1 is 1.26 bits per heavy atom. The summed E-state index contributed by atoms with van der Waals surface area (Å²) in [6.45, 7) is 1.89. The van der Waals surface area contributed by atoms with Gasteiger partial charge in [0.2, 0.25) is 0 Å². The molecule has 0 bridgehead atoms. The quantitative estimate of drug-likeness (QED) is 0.671. The Morgan fingerprint density at radius 2 is 2.11 bits per heavy atom. The highest BCUT2D eigenvalue weighted by Crippen LogP contribution is 2.32. The van der Waals surface area contributed by atoms with Crippen LogP contribution in [0.5, 0.6) is 0 Å². The number of fused-ring (bicyclic) bond motifs is 1. The molecule has 0 N–H and O–H groups in total. The van der Waals surface area contributed by atoms with Crippen LogP contribution in [0.1, 0.15) is 16.1 Å². The molecule has 3 rings (SSSR count). The van der Waals surface area contributed by atoms with E-state index in [4.69, 9.17) is 4.42 Å². The summed E-state index contributed by atoms with van der Waals surface area (Å²) in [4.78, 5) is 16.7. The standard InChI is InChI=1S/C15H11NO2S/c1-10-14(6-7-18-10)19-15-12(9-17)8-11-4-2-3-5-13(11)16-15/h2-9H,1H3. The van der Waals surface area contributed by atoms with Crippen LogP contribution in [0, 0.1) is 6.92 Å². The molecule has 0 atom stereocenters. The van der Waals surface area contributed by atoms with Gasteiger partial charge in [0, 0.05) is 10.9 Å². The van der Waals surface area contributed by atoms with Crippen LogP contribution in [0.15, 0.2) is 57.0 Å². The number of para-hydroxylation sites is 1. The number of benzene rings is 1. The van der Waals surface area contributed by atoms with Gasteiger partial charge in [-0.15, -0.1) is 0 Å². The van der Waals surface area contributed by atoms with Crippen LogP contribution in [0.3, 0.4) is 0 Å². The maximum atomic E-state index is 11.2. The number of pyridine rings is 1. The van der Waals surface area contributed by atoms with Crippen molar-refractivity contribution in [3.8, 4) is 0 Å². The predicted octanol–water partition coefficient (Wildman–Crippen LogP) is 4.10. The lowest BCUT2D eigenvalue weighted by atomic mass is 10.2. The van der Waals surface area contributed by atoms with E-state index in [-0.39, 0.29) is 0 Å². The second-order valence-corrected chi connectivity index (χ2v) is 5.17. The SMILES string of the molecule is Cc1occc1Sc1nc2ccccc2cc1C=O. The van der Waals surface area contributed by atoms with E-state index in [0.29, 0.717) is 10.6 Å². The van der Waals surface area contributed by atoms with Crippen LogP contribution in [0.4, 0.5) is 0 Å². The topological polar surface area (TPSA) is 43.1 Å². The highest BCUT2D eigenvalue weighted by Gasteiger charge is 2.10. The molecule has 1 aromatic carbocycles. The van der Waals surface area contributed by atoms with Crippen LogP contribution in [-0.4, -0.2) is 11.3 Å². The fourth-order valence-corrected chi connectivity index (χ4v) is 2.76. The normalized spacial score (nSPS) is 10.8. The number of rotatable bonds is 3. The third-order valence-electron chi connectivity index (χ3n) is 2.86. The van der Waals surface area contributed by atoms with Gasteiger partial charge in [0.25, 0.3) is 0 Å². The van der Waals surface area contributed by atoms with E-state index in [1.54, 1.807) is 6.26 Å². The van der Waals surface area contributed by atoms with E-state index in [2.05, 4.69) is 4.98 Å². The second kappa shape index (κ2) is 4.90. The minimum Gasteiger partial charge on any atom is -0.468 e. The van der Waals surface area contributed by atoms with Gasteiger partial charge < -0.3 is 4.42 Å². The van der Waals surface area contributed by atoms with Crippen molar-refractivity contribution in [2.75, 3.05) is 0 Å². The van der Waals surface area contributed by atoms with Crippen molar-refractivity contribution in [3.05, 3.63) is 54.0 Å². The molecule has 2 heterocycles. The minimum absolute atomic E-state index is 0.601. The second-order valence-electron chi connectivity index (χ2n) is 4.14. The van der Waals surface area contributed by atoms with E-state index in [1.807, 2.05) is 43.3 Å². The van der Waals surface area contributed by atoms with Crippen molar-refractivity contribution >= 4 is 29.0 Å². The number of aryl methyl sites for hydroxylation is 1. The molecule has 0 unspecified atom stereocenters. The smallest absolute Gasteiger partial charge is 0.152 e. The lowest BCUT2D eigenvalue weighted by molar-refractivity contribution is 0.112. The fourth-order valence-electron chi connectivity index (χ4n) is 1.86. The summed E-state index contributed by atoms with van der Waals surface area (Å²) in [6.07, 6.45) is 2.48. The first kappa shape index (κ1) is 12.0. The summed E-state index contributed by atoms with van der Waals surface area (Å²) < 4.78 is 5.26. The zero-order valence-electron chi connectivity index (χ0n) is 10.3. The van der Waals surface area contributed by atoms with Gasteiger partial charge in [-0.2, -0.15) is 0 Å². The number of carbonyl (C=O) groups is 1. The van der Waals surface area contributed by atoms with Crippen molar-refractivity contribution in [2.24, 2.45) is 0 Å². The number of furan rings is 1. The highest BCUT2D eigenvalue weighted by molar-refractivity contribution is 7.99. The Hall–Kier alpha value is -2.07. The number of nitrogens with zero attached hydrogens (tertiary/aromatic N) is 1. The maximum absolute atomic E-state index is 11.2. The molecule has 0 radical (unpaired) electrons. The van der Waals surface area contributed by atoms with E-state index < -0.39 is 0 Å². The Labute approximate surface area is 114 Å². The monoisotopic (exact) mass is 269 g/mol. The first-order chi connectivity index (χ1) is 9.28. The lowest BCUT2D eigenvalue weighted by Gasteiger charge is -2.05. The van der Waals surface area contributed by atoms with Crippen molar-refractivity contribution in [1.82, 2.24) is 4.98 Å². The van der Waals surface area contributed by atoms with E-state index in [0.717, 1.165) is 27.8 Å². The Bertz CT molecular complexity index is 749. The van der Waals surface area contributed by atoms with Gasteiger partial charge in [-0.3, -0.25) is 4.79 Å². The van der Waals surface area contributed by atoms with Crippen molar-refractivity contribution in [1.29, 1.82) is 0 Å². The van der Waals surface area contributed by atoms with E-state index in [1.165, 1.54) is 11.8 Å². The molecule has 94 valence electrons. The number of hydrogen-bond donors (Lipinski definition) is 0. The van der Waals surface area contributed by atoms with Crippen molar-refractivity contribution in [2.45, 2.75) is 16.8 Å². The third-order valence-corrected chi connectivity index (χ3v) is 4.03. The van der Waals surface area contributed by atoms with Crippen LogP contribution in [0.2, 0.25) is 0 Å². The van der Waals surface area contributed by atoms with Gasteiger partial charge in [0.15, 0.2) is 6.29 Å². The molecule has 0 amide bonds. The zero-order valence-corrected chi connectivity index (χ0v) is 11.1. The van der Waals surface area contributed by atoms with Gasteiger partial charge in [-0.05, 0) is 25.1 Å². The van der Waals surface area contributed by atoms with Gasteiger partial charge in [-0.25, -0.2) is 4.98 Å². The Balaban J connectivity index is 2.11. The van der Waals surface area contributed by atoms with Crippen LogP contribution >= 0.6 is 11.8 Å². The Kier molecular flexibility index (Phi) is 3.09. The highest BCUT2D eigenvalue weighted by atomic mass is 32.2. The minimum atomic E-state index is 0.601. The average molecular weight is 269 g/mol. The lowest BCUT2D eigenvalue weighted by Crippen LogP contribution is -1.91. The molecule has 0 saturated heterocycles. The van der Waals surface area contributed by atoms with Crippen LogP contribution in [0.25, 0.3) is 10.9 Å². The summed E-state index contributed by atoms with van der Waals surface area (Å²) >= 11 is 1.45. The molecule has 4 heteroatoms. The van der Waals surface area contributed by atoms with Gasteiger partial charge >= 0.3 is 0 Å². The average Bonchev–Trinajstić information content (AvgIpc) is 2.83. The van der Waals surface area contributed by atoms with E-state index in [9.17, 15) is 4.79 Å². The van der Waals surface area contributed by atoms with Crippen molar-refractivity contribution in [3.63, 3.8) is 0 Å². The molecule has 2 aromatic heterocycles. The summed E-state index contributed by atoms with van der Waals surface area (Å²) in [5.41, 5.74) is 1.49. The molecule has 0 saturated carbocycles. The maximum Gasteiger partial charge on any atom is 0.152 e. The first-order valence-electron chi connectivity index (χ1n) is 5.85. The molecular formula is C15H11NO2S. The molecule has 19 heavy (non-hydrogen) atoms. The summed E-state index contributed by atoms with van der Waals surface area (Å²) in [5.74, 6) is 0.830. The predicted molar refractivity (Wildman–Crippen MR) is 74.7 cm³/mol. The van der Waals surface area contributed by atoms with Gasteiger partial charge in [0.1, 0.15) is 10.8 Å². The largest absolute Gasteiger partial charge is 0.468 e. The summed E-state index contributed by atoms with van der Waals surface area (Å²) in [5, 5.41) is 1.68. The van der Waals surface area contributed by atoms with E-state index >= 15 is 0 Å².